The lowest BCUT2D eigenvalue weighted by atomic mass is 10.3. The predicted octanol–water partition coefficient (Wildman–Crippen LogP) is 0.0534. The summed E-state index contributed by atoms with van der Waals surface area (Å²) in [5, 5.41) is 18.1. The Labute approximate surface area is 114 Å². The van der Waals surface area contributed by atoms with E-state index in [1.54, 1.807) is 12.3 Å². The van der Waals surface area contributed by atoms with Gasteiger partial charge in [-0.25, -0.2) is 9.78 Å². The number of aryl methyl sites for hydroxylation is 1. The summed E-state index contributed by atoms with van der Waals surface area (Å²) in [4.78, 5) is 26.5. The van der Waals surface area contributed by atoms with Gasteiger partial charge in [0.15, 0.2) is 0 Å². The highest BCUT2D eigenvalue weighted by atomic mass is 16.4. The number of hydrogen-bond donors (Lipinski definition) is 3. The number of carbonyl (C=O) groups is 2. The monoisotopic (exact) mass is 277 g/mol. The number of H-pyrrole nitrogens is 1. The summed E-state index contributed by atoms with van der Waals surface area (Å²) in [6.45, 7) is 0.500. The summed E-state index contributed by atoms with van der Waals surface area (Å²) >= 11 is 0. The lowest BCUT2D eigenvalue weighted by molar-refractivity contribution is -0.121. The maximum atomic E-state index is 11.7. The van der Waals surface area contributed by atoms with Crippen LogP contribution in [0, 0.1) is 0 Å². The first-order valence-corrected chi connectivity index (χ1v) is 6.16. The van der Waals surface area contributed by atoms with Crippen molar-refractivity contribution >= 4 is 11.9 Å². The number of aromatic carboxylic acids is 1. The molecule has 106 valence electrons. The number of nitrogens with one attached hydrogen (secondary N) is 2. The van der Waals surface area contributed by atoms with Crippen molar-refractivity contribution in [2.45, 2.75) is 19.4 Å². The Balaban J connectivity index is 1.72. The molecular weight excluding hydrogens is 262 g/mol. The van der Waals surface area contributed by atoms with E-state index in [0.717, 1.165) is 12.2 Å². The van der Waals surface area contributed by atoms with Gasteiger partial charge in [-0.3, -0.25) is 9.89 Å². The Morgan fingerprint density at radius 3 is 3.00 bits per heavy atom. The van der Waals surface area contributed by atoms with Gasteiger partial charge in [-0.15, -0.1) is 0 Å². The van der Waals surface area contributed by atoms with Crippen LogP contribution in [-0.4, -0.2) is 43.3 Å². The van der Waals surface area contributed by atoms with E-state index in [-0.39, 0.29) is 18.1 Å². The number of carboxylic acid groups (broad SMARTS) is 1. The molecule has 20 heavy (non-hydrogen) atoms. The summed E-state index contributed by atoms with van der Waals surface area (Å²) in [6, 6.07) is 3.06. The SMILES string of the molecule is O=C(Cn1cccc1C(=O)O)NCCCc1ncn[nH]1. The second-order valence-electron chi connectivity index (χ2n) is 4.21. The Morgan fingerprint density at radius 1 is 1.45 bits per heavy atom. The zero-order valence-electron chi connectivity index (χ0n) is 10.7. The number of carboxylic acids is 1. The van der Waals surface area contributed by atoms with Gasteiger partial charge in [0.25, 0.3) is 0 Å². The van der Waals surface area contributed by atoms with Crippen LogP contribution in [0.4, 0.5) is 0 Å². The van der Waals surface area contributed by atoms with Gasteiger partial charge in [0.1, 0.15) is 24.4 Å². The van der Waals surface area contributed by atoms with Crippen molar-refractivity contribution in [3.8, 4) is 0 Å². The molecule has 0 saturated carbocycles. The normalized spacial score (nSPS) is 10.4. The summed E-state index contributed by atoms with van der Waals surface area (Å²) < 4.78 is 1.40. The summed E-state index contributed by atoms with van der Waals surface area (Å²) in [6.07, 6.45) is 4.44. The molecule has 0 aliphatic heterocycles. The first kappa shape index (κ1) is 13.8. The van der Waals surface area contributed by atoms with Gasteiger partial charge < -0.3 is 15.0 Å². The molecule has 2 rings (SSSR count). The molecule has 0 unspecified atom stereocenters. The van der Waals surface area contributed by atoms with Gasteiger partial charge in [0, 0.05) is 19.2 Å². The number of carbonyl (C=O) groups excluding carboxylic acids is 1. The highest BCUT2D eigenvalue weighted by Crippen LogP contribution is 2.01. The Bertz CT molecular complexity index is 576. The molecule has 2 heterocycles. The highest BCUT2D eigenvalue weighted by molar-refractivity contribution is 5.86. The number of hydrogen-bond acceptors (Lipinski definition) is 4. The molecule has 0 aliphatic carbocycles. The van der Waals surface area contributed by atoms with Crippen LogP contribution in [0.15, 0.2) is 24.7 Å². The number of aromatic amines is 1. The fraction of sp³-hybridized carbons (Fsp3) is 0.333. The van der Waals surface area contributed by atoms with E-state index < -0.39 is 5.97 Å². The third-order valence-electron chi connectivity index (χ3n) is 2.74. The molecule has 1 amide bonds. The molecule has 0 bridgehead atoms. The minimum Gasteiger partial charge on any atom is -0.477 e. The number of amides is 1. The average molecular weight is 277 g/mol. The molecule has 0 radical (unpaired) electrons. The van der Waals surface area contributed by atoms with Gasteiger partial charge in [0.05, 0.1) is 0 Å². The van der Waals surface area contributed by atoms with E-state index in [1.165, 1.54) is 17.0 Å². The smallest absolute Gasteiger partial charge is 0.352 e. The van der Waals surface area contributed by atoms with Crippen LogP contribution < -0.4 is 5.32 Å². The number of aromatic nitrogens is 4. The Hall–Kier alpha value is -2.64. The predicted molar refractivity (Wildman–Crippen MR) is 69.1 cm³/mol. The second kappa shape index (κ2) is 6.50. The van der Waals surface area contributed by atoms with Crippen molar-refractivity contribution in [2.75, 3.05) is 6.54 Å². The van der Waals surface area contributed by atoms with Gasteiger partial charge >= 0.3 is 5.97 Å². The summed E-state index contributed by atoms with van der Waals surface area (Å²) in [5.74, 6) is -0.493. The fourth-order valence-electron chi connectivity index (χ4n) is 1.79. The van der Waals surface area contributed by atoms with Gasteiger partial charge in [-0.05, 0) is 18.6 Å². The van der Waals surface area contributed by atoms with Crippen molar-refractivity contribution in [1.29, 1.82) is 0 Å². The average Bonchev–Trinajstić information content (AvgIpc) is 3.05. The van der Waals surface area contributed by atoms with Crippen molar-refractivity contribution in [3.05, 3.63) is 36.2 Å². The van der Waals surface area contributed by atoms with Crippen LogP contribution in [0.2, 0.25) is 0 Å². The largest absolute Gasteiger partial charge is 0.477 e. The van der Waals surface area contributed by atoms with Gasteiger partial charge in [0.2, 0.25) is 5.91 Å². The molecule has 3 N–H and O–H groups in total. The highest BCUT2D eigenvalue weighted by Gasteiger charge is 2.11. The lowest BCUT2D eigenvalue weighted by Gasteiger charge is -2.07. The number of nitrogens with zero attached hydrogens (tertiary/aromatic N) is 3. The fourth-order valence-corrected chi connectivity index (χ4v) is 1.79. The minimum absolute atomic E-state index is 0.00303. The molecule has 2 aromatic rings. The molecule has 2 aromatic heterocycles. The molecule has 0 aliphatic rings. The van der Waals surface area contributed by atoms with Crippen molar-refractivity contribution < 1.29 is 14.7 Å². The van der Waals surface area contributed by atoms with Crippen molar-refractivity contribution in [1.82, 2.24) is 25.1 Å². The molecule has 0 spiro atoms. The van der Waals surface area contributed by atoms with Crippen LogP contribution in [-0.2, 0) is 17.8 Å². The Morgan fingerprint density at radius 2 is 2.30 bits per heavy atom. The van der Waals surface area contributed by atoms with Crippen LogP contribution in [0.25, 0.3) is 0 Å². The van der Waals surface area contributed by atoms with Gasteiger partial charge in [-0.2, -0.15) is 5.10 Å². The van der Waals surface area contributed by atoms with E-state index in [2.05, 4.69) is 20.5 Å². The molecule has 0 fully saturated rings. The molecular formula is C12H15N5O3. The third-order valence-corrected chi connectivity index (χ3v) is 2.74. The maximum Gasteiger partial charge on any atom is 0.352 e. The topological polar surface area (TPSA) is 113 Å². The maximum absolute atomic E-state index is 11.7. The van der Waals surface area contributed by atoms with E-state index in [4.69, 9.17) is 5.11 Å². The van der Waals surface area contributed by atoms with E-state index in [0.29, 0.717) is 13.0 Å². The van der Waals surface area contributed by atoms with E-state index in [1.807, 2.05) is 0 Å². The van der Waals surface area contributed by atoms with E-state index >= 15 is 0 Å². The molecule has 8 heteroatoms. The van der Waals surface area contributed by atoms with Crippen LogP contribution in [0.5, 0.6) is 0 Å². The number of rotatable bonds is 7. The Kier molecular flexibility index (Phi) is 4.48. The zero-order chi connectivity index (χ0) is 14.4. The zero-order valence-corrected chi connectivity index (χ0v) is 10.7. The van der Waals surface area contributed by atoms with Crippen molar-refractivity contribution in [3.63, 3.8) is 0 Å². The first-order valence-electron chi connectivity index (χ1n) is 6.16. The molecule has 0 aromatic carbocycles. The van der Waals surface area contributed by atoms with Crippen LogP contribution in [0.1, 0.15) is 22.7 Å². The third kappa shape index (κ3) is 3.67. The molecule has 0 atom stereocenters. The van der Waals surface area contributed by atoms with E-state index in [9.17, 15) is 9.59 Å². The second-order valence-corrected chi connectivity index (χ2v) is 4.21. The minimum atomic E-state index is -1.05. The van der Waals surface area contributed by atoms with Crippen LogP contribution >= 0.6 is 0 Å². The first-order chi connectivity index (χ1) is 9.66. The van der Waals surface area contributed by atoms with Gasteiger partial charge in [-0.1, -0.05) is 0 Å². The standard InChI is InChI=1S/C12H15N5O3/c18-11(7-17-6-2-3-9(17)12(19)20)13-5-1-4-10-14-8-15-16-10/h2-3,6,8H,1,4-5,7H2,(H,13,18)(H,19,20)(H,14,15,16). The summed E-state index contributed by atoms with van der Waals surface area (Å²) in [7, 11) is 0. The summed E-state index contributed by atoms with van der Waals surface area (Å²) in [5.41, 5.74) is 0.0989. The lowest BCUT2D eigenvalue weighted by Crippen LogP contribution is -2.29. The molecule has 0 saturated heterocycles. The van der Waals surface area contributed by atoms with Crippen LogP contribution in [0.3, 0.4) is 0 Å². The van der Waals surface area contributed by atoms with Crippen molar-refractivity contribution in [2.24, 2.45) is 0 Å². The molecule has 8 nitrogen and oxygen atoms in total. The quantitative estimate of drug-likeness (QED) is 0.619.